The van der Waals surface area contributed by atoms with Crippen molar-refractivity contribution in [3.8, 4) is 0 Å². The molecule has 0 fully saturated rings. The van der Waals surface area contributed by atoms with Crippen LogP contribution in [-0.4, -0.2) is 20.8 Å². The topological polar surface area (TPSA) is 101 Å². The average molecular weight is 407 g/mol. The lowest BCUT2D eigenvalue weighted by Gasteiger charge is -2.20. The second kappa shape index (κ2) is 7.73. The van der Waals surface area contributed by atoms with E-state index in [2.05, 4.69) is 15.3 Å². The van der Waals surface area contributed by atoms with Gasteiger partial charge in [-0.3, -0.25) is 14.9 Å². The van der Waals surface area contributed by atoms with Gasteiger partial charge in [0.05, 0.1) is 28.3 Å². The van der Waals surface area contributed by atoms with Gasteiger partial charge in [-0.1, -0.05) is 48.0 Å². The summed E-state index contributed by atoms with van der Waals surface area (Å²) in [5.41, 5.74) is 2.90. The minimum absolute atomic E-state index is 0.0528. The number of nitrogens with zero attached hydrogens (tertiary/aromatic N) is 2. The van der Waals surface area contributed by atoms with E-state index in [0.717, 1.165) is 22.2 Å². The summed E-state index contributed by atoms with van der Waals surface area (Å²) < 4.78 is 0. The zero-order valence-corrected chi connectivity index (χ0v) is 15.8. The minimum atomic E-state index is -0.616. The maximum atomic E-state index is 13.0. The van der Waals surface area contributed by atoms with E-state index in [0.29, 0.717) is 0 Å². The van der Waals surface area contributed by atoms with Crippen LogP contribution >= 0.6 is 11.6 Å². The van der Waals surface area contributed by atoms with Gasteiger partial charge in [0.2, 0.25) is 0 Å². The summed E-state index contributed by atoms with van der Waals surface area (Å²) in [6.45, 7) is 0. The Kier molecular flexibility index (Phi) is 4.97. The molecule has 1 amide bonds. The molecule has 0 aliphatic heterocycles. The quantitative estimate of drug-likeness (QED) is 0.372. The molecule has 29 heavy (non-hydrogen) atoms. The molecule has 3 aromatic carbocycles. The zero-order chi connectivity index (χ0) is 20.4. The van der Waals surface area contributed by atoms with Gasteiger partial charge in [0.1, 0.15) is 5.56 Å². The molecule has 1 heterocycles. The van der Waals surface area contributed by atoms with Gasteiger partial charge in [0.25, 0.3) is 11.6 Å². The van der Waals surface area contributed by atoms with E-state index in [1.54, 1.807) is 6.33 Å². The third-order valence-corrected chi connectivity index (χ3v) is 4.82. The fraction of sp³-hybridized carbons (Fsp3) is 0.0476. The second-order valence-corrected chi connectivity index (χ2v) is 6.85. The Morgan fingerprint density at radius 1 is 1.07 bits per heavy atom. The molecule has 2 N–H and O–H groups in total. The number of nitro benzene ring substituents is 1. The maximum absolute atomic E-state index is 13.0. The molecule has 7 nitrogen and oxygen atoms in total. The van der Waals surface area contributed by atoms with Crippen LogP contribution < -0.4 is 5.32 Å². The van der Waals surface area contributed by atoms with E-state index < -0.39 is 16.9 Å². The molecule has 0 aliphatic carbocycles. The molecule has 0 saturated carbocycles. The molecule has 1 atom stereocenters. The number of nitro groups is 1. The van der Waals surface area contributed by atoms with Crippen molar-refractivity contribution in [2.24, 2.45) is 0 Å². The van der Waals surface area contributed by atoms with Gasteiger partial charge in [-0.15, -0.1) is 0 Å². The van der Waals surface area contributed by atoms with Crippen molar-refractivity contribution < 1.29 is 9.72 Å². The van der Waals surface area contributed by atoms with Gasteiger partial charge in [-0.2, -0.15) is 0 Å². The van der Waals surface area contributed by atoms with Gasteiger partial charge in [0, 0.05) is 11.1 Å². The predicted molar refractivity (Wildman–Crippen MR) is 110 cm³/mol. The van der Waals surface area contributed by atoms with E-state index in [4.69, 9.17) is 11.6 Å². The Morgan fingerprint density at radius 3 is 2.62 bits per heavy atom. The SMILES string of the molecule is O=C(NC(c1ccccc1)c1ccc2nc[nH]c2c1)c1ccc(Cl)cc1[N+](=O)[O-]. The number of halogens is 1. The second-order valence-electron chi connectivity index (χ2n) is 6.41. The number of hydrogen-bond acceptors (Lipinski definition) is 4. The number of aromatic amines is 1. The predicted octanol–water partition coefficient (Wildman–Crippen LogP) is 4.64. The van der Waals surface area contributed by atoms with Crippen LogP contribution in [0.2, 0.25) is 5.02 Å². The van der Waals surface area contributed by atoms with E-state index in [1.807, 2.05) is 48.5 Å². The number of H-pyrrole nitrogens is 1. The summed E-state index contributed by atoms with van der Waals surface area (Å²) in [6.07, 6.45) is 1.60. The van der Waals surface area contributed by atoms with Gasteiger partial charge in [0.15, 0.2) is 0 Å². The molecule has 1 unspecified atom stereocenters. The van der Waals surface area contributed by atoms with E-state index in [-0.39, 0.29) is 16.3 Å². The molecule has 0 bridgehead atoms. The molecule has 4 rings (SSSR count). The summed E-state index contributed by atoms with van der Waals surface area (Å²) in [6, 6.07) is 18.5. The number of carbonyl (C=O) groups is 1. The standard InChI is InChI=1S/C21H15ClN4O3/c22-15-7-8-16(19(11-15)26(28)29)21(27)25-20(13-4-2-1-3-5-13)14-6-9-17-18(10-14)24-12-23-17/h1-12,20H,(H,23,24)(H,25,27). The first-order valence-electron chi connectivity index (χ1n) is 8.76. The van der Waals surface area contributed by atoms with Crippen LogP contribution in [0.3, 0.4) is 0 Å². The van der Waals surface area contributed by atoms with Crippen molar-refractivity contribution in [1.29, 1.82) is 0 Å². The van der Waals surface area contributed by atoms with Crippen molar-refractivity contribution in [3.63, 3.8) is 0 Å². The molecule has 0 saturated heterocycles. The number of aromatic nitrogens is 2. The highest BCUT2D eigenvalue weighted by Crippen LogP contribution is 2.27. The molecule has 144 valence electrons. The third-order valence-electron chi connectivity index (χ3n) is 4.59. The Bertz CT molecular complexity index is 1210. The monoisotopic (exact) mass is 406 g/mol. The lowest BCUT2D eigenvalue weighted by molar-refractivity contribution is -0.385. The number of carbonyl (C=O) groups excluding carboxylic acids is 1. The molecular formula is C21H15ClN4O3. The van der Waals surface area contributed by atoms with Crippen molar-refractivity contribution >= 4 is 34.2 Å². The van der Waals surface area contributed by atoms with Crippen molar-refractivity contribution in [3.05, 3.63) is 105 Å². The molecule has 0 spiro atoms. The van der Waals surface area contributed by atoms with Gasteiger partial charge in [-0.25, -0.2) is 4.98 Å². The first-order valence-corrected chi connectivity index (χ1v) is 9.13. The first kappa shape index (κ1) is 18.6. The number of nitrogens with one attached hydrogen (secondary N) is 2. The Hall–Kier alpha value is -3.71. The van der Waals surface area contributed by atoms with E-state index in [9.17, 15) is 14.9 Å². The van der Waals surface area contributed by atoms with Crippen molar-refractivity contribution in [1.82, 2.24) is 15.3 Å². The first-order chi connectivity index (χ1) is 14.0. The van der Waals surface area contributed by atoms with Crippen LogP contribution in [0.1, 0.15) is 27.5 Å². The van der Waals surface area contributed by atoms with Crippen LogP contribution in [0.15, 0.2) is 73.1 Å². The number of amides is 1. The third kappa shape index (κ3) is 3.81. The van der Waals surface area contributed by atoms with E-state index in [1.165, 1.54) is 18.2 Å². The number of fused-ring (bicyclic) bond motifs is 1. The van der Waals surface area contributed by atoms with Crippen LogP contribution in [0.25, 0.3) is 11.0 Å². The highest BCUT2D eigenvalue weighted by atomic mass is 35.5. The normalized spacial score (nSPS) is 11.9. The fourth-order valence-corrected chi connectivity index (χ4v) is 3.36. The van der Waals surface area contributed by atoms with Crippen LogP contribution in [0, 0.1) is 10.1 Å². The lowest BCUT2D eigenvalue weighted by atomic mass is 9.97. The summed E-state index contributed by atoms with van der Waals surface area (Å²) in [5.74, 6) is -0.563. The molecule has 0 aliphatic rings. The number of imidazole rings is 1. The summed E-state index contributed by atoms with van der Waals surface area (Å²) in [7, 11) is 0. The molecule has 0 radical (unpaired) electrons. The van der Waals surface area contributed by atoms with Gasteiger partial charge in [-0.05, 0) is 35.4 Å². The molecule has 8 heteroatoms. The van der Waals surface area contributed by atoms with Crippen molar-refractivity contribution in [2.45, 2.75) is 6.04 Å². The van der Waals surface area contributed by atoms with Gasteiger partial charge >= 0.3 is 0 Å². The smallest absolute Gasteiger partial charge is 0.283 e. The Labute approximate surface area is 170 Å². The molecule has 4 aromatic rings. The highest BCUT2D eigenvalue weighted by Gasteiger charge is 2.24. The van der Waals surface area contributed by atoms with E-state index >= 15 is 0 Å². The fourth-order valence-electron chi connectivity index (χ4n) is 3.19. The Balaban J connectivity index is 1.75. The summed E-state index contributed by atoms with van der Waals surface area (Å²) in [4.78, 5) is 31.0. The largest absolute Gasteiger partial charge is 0.345 e. The molecular weight excluding hydrogens is 392 g/mol. The summed E-state index contributed by atoms with van der Waals surface area (Å²) in [5, 5.41) is 14.5. The van der Waals surface area contributed by atoms with Crippen LogP contribution in [0.5, 0.6) is 0 Å². The number of rotatable bonds is 5. The van der Waals surface area contributed by atoms with Gasteiger partial charge < -0.3 is 10.3 Å². The summed E-state index contributed by atoms with van der Waals surface area (Å²) >= 11 is 5.86. The number of benzene rings is 3. The number of hydrogen-bond donors (Lipinski definition) is 2. The molecule has 1 aromatic heterocycles. The Morgan fingerprint density at radius 2 is 1.86 bits per heavy atom. The van der Waals surface area contributed by atoms with Crippen molar-refractivity contribution in [2.75, 3.05) is 0 Å². The zero-order valence-electron chi connectivity index (χ0n) is 15.0. The van der Waals surface area contributed by atoms with Crippen LogP contribution in [0.4, 0.5) is 5.69 Å². The highest BCUT2D eigenvalue weighted by molar-refractivity contribution is 6.31. The van der Waals surface area contributed by atoms with Crippen LogP contribution in [-0.2, 0) is 0 Å². The lowest BCUT2D eigenvalue weighted by Crippen LogP contribution is -2.29. The average Bonchev–Trinajstić information content (AvgIpc) is 3.20. The minimum Gasteiger partial charge on any atom is -0.345 e. The maximum Gasteiger partial charge on any atom is 0.283 e.